The van der Waals surface area contributed by atoms with Crippen LogP contribution in [0.1, 0.15) is 49.3 Å². The maximum atomic E-state index is 5.50. The molecule has 0 aromatic heterocycles. The number of hydrogen-bond donors (Lipinski definition) is 1. The molecule has 0 atom stereocenters. The van der Waals surface area contributed by atoms with E-state index in [9.17, 15) is 0 Å². The summed E-state index contributed by atoms with van der Waals surface area (Å²) in [5.74, 6) is 0.623. The molecule has 0 fully saturated rings. The van der Waals surface area contributed by atoms with Gasteiger partial charge >= 0.3 is 0 Å². The summed E-state index contributed by atoms with van der Waals surface area (Å²) in [6.45, 7) is 7.48. The van der Waals surface area contributed by atoms with Gasteiger partial charge < -0.3 is 5.73 Å². The van der Waals surface area contributed by atoms with Crippen LogP contribution in [0.4, 0.5) is 0 Å². The Labute approximate surface area is 93.7 Å². The lowest BCUT2D eigenvalue weighted by Crippen LogP contribution is -1.99. The second-order valence-corrected chi connectivity index (χ2v) is 4.65. The predicted molar refractivity (Wildman–Crippen MR) is 67.3 cm³/mol. The maximum Gasteiger partial charge on any atom is -0.00772 e. The summed E-state index contributed by atoms with van der Waals surface area (Å²) in [5, 5.41) is 0. The molecule has 0 heterocycles. The second-order valence-electron chi connectivity index (χ2n) is 4.65. The van der Waals surface area contributed by atoms with Gasteiger partial charge in [-0.1, -0.05) is 37.6 Å². The molecule has 0 amide bonds. The van der Waals surface area contributed by atoms with Crippen molar-refractivity contribution in [1.82, 2.24) is 0 Å². The molecule has 0 spiro atoms. The molecular weight excluding hydrogens is 182 g/mol. The molecular formula is C14H23N. The van der Waals surface area contributed by atoms with Crippen LogP contribution in [-0.4, -0.2) is 6.54 Å². The highest BCUT2D eigenvalue weighted by molar-refractivity contribution is 5.31. The van der Waals surface area contributed by atoms with Crippen molar-refractivity contribution in [3.05, 3.63) is 34.9 Å². The average molecular weight is 205 g/mol. The van der Waals surface area contributed by atoms with Crippen molar-refractivity contribution in [2.75, 3.05) is 6.54 Å². The topological polar surface area (TPSA) is 26.0 Å². The van der Waals surface area contributed by atoms with E-state index < -0.39 is 0 Å². The monoisotopic (exact) mass is 205 g/mol. The summed E-state index contributed by atoms with van der Waals surface area (Å²) in [4.78, 5) is 0. The van der Waals surface area contributed by atoms with Crippen LogP contribution in [0.2, 0.25) is 0 Å². The van der Waals surface area contributed by atoms with Crippen molar-refractivity contribution in [3.8, 4) is 0 Å². The smallest absolute Gasteiger partial charge is 0.00772 e. The van der Waals surface area contributed by atoms with E-state index in [2.05, 4.69) is 39.0 Å². The lowest BCUT2D eigenvalue weighted by atomic mass is 9.96. The number of aryl methyl sites for hydroxylation is 2. The number of unbranched alkanes of at least 4 members (excludes halogenated alkanes) is 1. The van der Waals surface area contributed by atoms with Crippen LogP contribution in [0.3, 0.4) is 0 Å². The van der Waals surface area contributed by atoms with Gasteiger partial charge in [0.05, 0.1) is 0 Å². The van der Waals surface area contributed by atoms with E-state index in [-0.39, 0.29) is 0 Å². The third-order valence-electron chi connectivity index (χ3n) is 2.75. The van der Waals surface area contributed by atoms with Gasteiger partial charge in [-0.05, 0) is 49.8 Å². The van der Waals surface area contributed by atoms with Gasteiger partial charge in [0.15, 0.2) is 0 Å². The highest BCUT2D eigenvalue weighted by atomic mass is 14.5. The molecule has 0 bridgehead atoms. The minimum atomic E-state index is 0.623. The zero-order valence-electron chi connectivity index (χ0n) is 10.2. The molecule has 0 radical (unpaired) electrons. The molecule has 1 heteroatoms. The fourth-order valence-electron chi connectivity index (χ4n) is 1.85. The van der Waals surface area contributed by atoms with Crippen molar-refractivity contribution in [1.29, 1.82) is 0 Å². The van der Waals surface area contributed by atoms with Crippen LogP contribution >= 0.6 is 0 Å². The van der Waals surface area contributed by atoms with E-state index in [0.29, 0.717) is 5.92 Å². The summed E-state index contributed by atoms with van der Waals surface area (Å²) in [7, 11) is 0. The Hall–Kier alpha value is -0.820. The predicted octanol–water partition coefficient (Wildman–Crippen LogP) is 3.40. The SMILES string of the molecule is Cc1cc(CCCCN)cc(C(C)C)c1. The van der Waals surface area contributed by atoms with E-state index in [1.165, 1.54) is 29.5 Å². The molecule has 0 aliphatic rings. The molecule has 1 aromatic rings. The Balaban J connectivity index is 2.71. The molecule has 0 aliphatic heterocycles. The fourth-order valence-corrected chi connectivity index (χ4v) is 1.85. The number of nitrogens with two attached hydrogens (primary N) is 1. The molecule has 0 saturated carbocycles. The molecule has 0 saturated heterocycles. The van der Waals surface area contributed by atoms with E-state index in [1.54, 1.807) is 0 Å². The molecule has 0 unspecified atom stereocenters. The van der Waals surface area contributed by atoms with E-state index in [0.717, 1.165) is 13.0 Å². The van der Waals surface area contributed by atoms with Gasteiger partial charge in [-0.2, -0.15) is 0 Å². The van der Waals surface area contributed by atoms with Crippen LogP contribution in [0.15, 0.2) is 18.2 Å². The quantitative estimate of drug-likeness (QED) is 0.733. The van der Waals surface area contributed by atoms with E-state index in [4.69, 9.17) is 5.73 Å². The number of rotatable bonds is 5. The average Bonchev–Trinajstić information content (AvgIpc) is 2.17. The molecule has 0 aliphatic carbocycles. The summed E-state index contributed by atoms with van der Waals surface area (Å²) in [6, 6.07) is 6.92. The van der Waals surface area contributed by atoms with Gasteiger partial charge in [-0.3, -0.25) is 0 Å². The standard InChI is InChI=1S/C14H23N/c1-11(2)14-9-12(3)8-13(10-14)6-4-5-7-15/h8-11H,4-7,15H2,1-3H3. The van der Waals surface area contributed by atoms with Crippen LogP contribution in [-0.2, 0) is 6.42 Å². The highest BCUT2D eigenvalue weighted by Crippen LogP contribution is 2.19. The molecule has 1 aromatic carbocycles. The van der Waals surface area contributed by atoms with E-state index in [1.807, 2.05) is 0 Å². The third kappa shape index (κ3) is 4.05. The first-order valence-corrected chi connectivity index (χ1v) is 5.94. The first kappa shape index (κ1) is 12.3. The first-order chi connectivity index (χ1) is 7.13. The number of benzene rings is 1. The summed E-state index contributed by atoms with van der Waals surface area (Å²) >= 11 is 0. The van der Waals surface area contributed by atoms with Gasteiger partial charge in [0, 0.05) is 0 Å². The fraction of sp³-hybridized carbons (Fsp3) is 0.571. The molecule has 1 nitrogen and oxygen atoms in total. The third-order valence-corrected chi connectivity index (χ3v) is 2.75. The Bertz CT molecular complexity index is 302. The van der Waals surface area contributed by atoms with Gasteiger partial charge in [-0.25, -0.2) is 0 Å². The van der Waals surface area contributed by atoms with Crippen LogP contribution in [0, 0.1) is 6.92 Å². The highest BCUT2D eigenvalue weighted by Gasteiger charge is 2.02. The van der Waals surface area contributed by atoms with Gasteiger partial charge in [-0.15, -0.1) is 0 Å². The van der Waals surface area contributed by atoms with Crippen LogP contribution in [0.5, 0.6) is 0 Å². The second kappa shape index (κ2) is 5.92. The normalized spacial score (nSPS) is 11.0. The largest absolute Gasteiger partial charge is 0.330 e. The van der Waals surface area contributed by atoms with Crippen molar-refractivity contribution in [3.63, 3.8) is 0 Å². The summed E-state index contributed by atoms with van der Waals surface area (Å²) in [6.07, 6.45) is 3.50. The van der Waals surface area contributed by atoms with Crippen LogP contribution in [0.25, 0.3) is 0 Å². The Morgan fingerprint density at radius 2 is 1.87 bits per heavy atom. The van der Waals surface area contributed by atoms with Crippen LogP contribution < -0.4 is 5.73 Å². The summed E-state index contributed by atoms with van der Waals surface area (Å²) in [5.41, 5.74) is 9.80. The maximum absolute atomic E-state index is 5.50. The molecule has 15 heavy (non-hydrogen) atoms. The van der Waals surface area contributed by atoms with Crippen molar-refractivity contribution < 1.29 is 0 Å². The lowest BCUT2D eigenvalue weighted by Gasteiger charge is -2.10. The first-order valence-electron chi connectivity index (χ1n) is 5.94. The Morgan fingerprint density at radius 1 is 1.13 bits per heavy atom. The number of hydrogen-bond acceptors (Lipinski definition) is 1. The zero-order chi connectivity index (χ0) is 11.3. The van der Waals surface area contributed by atoms with Crippen molar-refractivity contribution in [2.45, 2.75) is 46.0 Å². The van der Waals surface area contributed by atoms with Gasteiger partial charge in [0.1, 0.15) is 0 Å². The van der Waals surface area contributed by atoms with Gasteiger partial charge in [0.25, 0.3) is 0 Å². The van der Waals surface area contributed by atoms with E-state index >= 15 is 0 Å². The van der Waals surface area contributed by atoms with Gasteiger partial charge in [0.2, 0.25) is 0 Å². The van der Waals surface area contributed by atoms with Crippen molar-refractivity contribution >= 4 is 0 Å². The minimum absolute atomic E-state index is 0.623. The lowest BCUT2D eigenvalue weighted by molar-refractivity contribution is 0.742. The summed E-state index contributed by atoms with van der Waals surface area (Å²) < 4.78 is 0. The Kier molecular flexibility index (Phi) is 4.83. The van der Waals surface area contributed by atoms with Crippen molar-refractivity contribution in [2.24, 2.45) is 5.73 Å². The molecule has 2 N–H and O–H groups in total. The Morgan fingerprint density at radius 3 is 2.47 bits per heavy atom. The zero-order valence-corrected chi connectivity index (χ0v) is 10.2. The molecule has 1 rings (SSSR count). The minimum Gasteiger partial charge on any atom is -0.330 e. The molecule has 84 valence electrons.